The summed E-state index contributed by atoms with van der Waals surface area (Å²) in [7, 11) is 0. The molecule has 0 radical (unpaired) electrons. The molecule has 0 saturated carbocycles. The second kappa shape index (κ2) is 10.6. The van der Waals surface area contributed by atoms with Crippen molar-refractivity contribution in [2.45, 2.75) is 5.92 Å². The number of furan rings is 1. The van der Waals surface area contributed by atoms with Gasteiger partial charge in [-0.15, -0.1) is 0 Å². The van der Waals surface area contributed by atoms with Crippen molar-refractivity contribution >= 4 is 38.9 Å². The Morgan fingerprint density at radius 2 is 1.38 bits per heavy atom. The molecule has 5 heteroatoms. The van der Waals surface area contributed by atoms with Crippen LogP contribution in [0.1, 0.15) is 35.0 Å². The number of nitrogens with zero attached hydrogens (tertiary/aromatic N) is 4. The molecule has 2 aliphatic carbocycles. The van der Waals surface area contributed by atoms with Crippen molar-refractivity contribution in [1.29, 1.82) is 0 Å². The molecule has 48 heavy (non-hydrogen) atoms. The van der Waals surface area contributed by atoms with Crippen LogP contribution in [0.5, 0.6) is 0 Å². The fourth-order valence-electron chi connectivity index (χ4n) is 6.41. The first-order valence-electron chi connectivity index (χ1n) is 21.7. The predicted octanol–water partition coefficient (Wildman–Crippen LogP) is 10.6. The van der Waals surface area contributed by atoms with E-state index in [2.05, 4.69) is 0 Å². The number of hydrogen-bond acceptors (Lipinski definition) is 4. The molecule has 3 heterocycles. The summed E-state index contributed by atoms with van der Waals surface area (Å²) in [6.45, 7) is 0. The van der Waals surface area contributed by atoms with Gasteiger partial charge in [0.25, 0.3) is 0 Å². The van der Waals surface area contributed by atoms with E-state index in [-0.39, 0.29) is 50.2 Å². The minimum atomic E-state index is -1.39. The Hall–Kier alpha value is -6.33. The number of benzene rings is 5. The Labute approximate surface area is 295 Å². The highest BCUT2D eigenvalue weighted by Gasteiger charge is 2.30. The van der Waals surface area contributed by atoms with Gasteiger partial charge in [0.2, 0.25) is 0 Å². The molecule has 2 unspecified atom stereocenters. The molecule has 8 aromatic rings. The van der Waals surface area contributed by atoms with Crippen LogP contribution in [-0.4, -0.2) is 19.5 Å². The first-order chi connectivity index (χ1) is 29.2. The quantitative estimate of drug-likeness (QED) is 0.194. The Kier molecular flexibility index (Phi) is 3.76. The van der Waals surface area contributed by atoms with Crippen molar-refractivity contribution in [3.63, 3.8) is 0 Å². The number of para-hydroxylation sites is 1. The Morgan fingerprint density at radius 1 is 0.646 bits per heavy atom. The van der Waals surface area contributed by atoms with Gasteiger partial charge in [-0.1, -0.05) is 121 Å². The second-order valence-corrected chi connectivity index (χ2v) is 11.3. The van der Waals surface area contributed by atoms with Crippen LogP contribution in [0, 0.1) is 5.92 Å². The summed E-state index contributed by atoms with van der Waals surface area (Å²) in [5, 5.41) is 0.202. The molecular weight excluding hydrogens is 589 g/mol. The lowest BCUT2D eigenvalue weighted by Gasteiger charge is -2.26. The highest BCUT2D eigenvalue weighted by molar-refractivity contribution is 6.12. The van der Waals surface area contributed by atoms with E-state index in [0.29, 0.717) is 22.6 Å². The summed E-state index contributed by atoms with van der Waals surface area (Å²) < 4.78 is 125. The first-order valence-corrected chi connectivity index (χ1v) is 15.2. The fourth-order valence-corrected chi connectivity index (χ4v) is 6.41. The third kappa shape index (κ3) is 4.14. The van der Waals surface area contributed by atoms with Crippen molar-refractivity contribution in [1.82, 2.24) is 19.5 Å². The van der Waals surface area contributed by atoms with Crippen LogP contribution >= 0.6 is 0 Å². The largest absolute Gasteiger partial charge is 0.456 e. The van der Waals surface area contributed by atoms with Crippen molar-refractivity contribution in [3.8, 4) is 39.9 Å². The Morgan fingerprint density at radius 3 is 2.17 bits per heavy atom. The summed E-state index contributed by atoms with van der Waals surface area (Å²) in [6, 6.07) is 16.5. The summed E-state index contributed by atoms with van der Waals surface area (Å²) in [5.41, 5.74) is 0.928. The number of aromatic nitrogens is 4. The molecule has 0 spiro atoms. The first kappa shape index (κ1) is 17.0. The van der Waals surface area contributed by atoms with Gasteiger partial charge >= 0.3 is 0 Å². The lowest BCUT2D eigenvalue weighted by atomic mass is 9.78. The molecule has 5 aromatic carbocycles. The van der Waals surface area contributed by atoms with Gasteiger partial charge < -0.3 is 8.98 Å². The average molecular weight is 630 g/mol. The van der Waals surface area contributed by atoms with Gasteiger partial charge in [-0.3, -0.25) is 0 Å². The summed E-state index contributed by atoms with van der Waals surface area (Å²) in [6.07, 6.45) is 0. The zero-order chi connectivity index (χ0) is 42.9. The topological polar surface area (TPSA) is 56.7 Å². The zero-order valence-corrected chi connectivity index (χ0v) is 24.9. The maximum atomic E-state index is 9.68. The normalized spacial score (nSPS) is 21.5. The molecule has 3 aromatic heterocycles. The van der Waals surface area contributed by atoms with E-state index < -0.39 is 90.4 Å². The van der Waals surface area contributed by atoms with Crippen LogP contribution in [0.2, 0.25) is 0 Å². The van der Waals surface area contributed by atoms with Crippen LogP contribution < -0.4 is 0 Å². The Balaban J connectivity index is 1.30. The third-order valence-corrected chi connectivity index (χ3v) is 8.56. The van der Waals surface area contributed by atoms with Crippen molar-refractivity contribution in [2.75, 3.05) is 0 Å². The molecule has 2 aliphatic rings. The van der Waals surface area contributed by atoms with Crippen molar-refractivity contribution in [3.05, 3.63) is 163 Å². The smallest absolute Gasteiger partial charge is 0.164 e. The lowest BCUT2D eigenvalue weighted by Crippen LogP contribution is -2.13. The zero-order valence-electron chi connectivity index (χ0n) is 37.9. The molecule has 0 aliphatic heterocycles. The van der Waals surface area contributed by atoms with Gasteiger partial charge in [-0.2, -0.15) is 0 Å². The number of hydrogen-bond donors (Lipinski definition) is 0. The highest BCUT2D eigenvalue weighted by atomic mass is 16.3. The molecule has 0 N–H and O–H groups in total. The second-order valence-electron chi connectivity index (χ2n) is 11.3. The van der Waals surface area contributed by atoms with E-state index in [1.54, 1.807) is 18.2 Å². The molecule has 0 amide bonds. The summed E-state index contributed by atoms with van der Waals surface area (Å²) >= 11 is 0. The van der Waals surface area contributed by atoms with Crippen LogP contribution in [-0.2, 0) is 0 Å². The van der Waals surface area contributed by atoms with E-state index in [1.807, 2.05) is 60.7 Å². The molecular formula is C43H28N4O. The number of rotatable bonds is 4. The predicted molar refractivity (Wildman–Crippen MR) is 194 cm³/mol. The van der Waals surface area contributed by atoms with Gasteiger partial charge in [0.05, 0.1) is 29.0 Å². The molecule has 5 nitrogen and oxygen atoms in total. The fraction of sp³-hybridized carbons (Fsp3) is 0.0465. The number of allylic oxidation sites excluding steroid dienone is 5. The van der Waals surface area contributed by atoms with E-state index >= 15 is 0 Å². The van der Waals surface area contributed by atoms with Crippen LogP contribution in [0.3, 0.4) is 0 Å². The highest BCUT2D eigenvalue weighted by Crippen LogP contribution is 2.45. The summed E-state index contributed by atoms with van der Waals surface area (Å²) in [4.78, 5) is 14.5. The van der Waals surface area contributed by atoms with Crippen LogP contribution in [0.15, 0.2) is 156 Å². The van der Waals surface area contributed by atoms with E-state index in [4.69, 9.17) is 31.7 Å². The Bertz CT molecular complexity index is 3300. The van der Waals surface area contributed by atoms with Crippen LogP contribution in [0.25, 0.3) is 78.7 Å². The molecule has 226 valence electrons. The van der Waals surface area contributed by atoms with E-state index in [1.165, 1.54) is 0 Å². The molecule has 0 fully saturated rings. The lowest BCUT2D eigenvalue weighted by molar-refractivity contribution is 0.668. The third-order valence-electron chi connectivity index (χ3n) is 8.56. The van der Waals surface area contributed by atoms with Gasteiger partial charge in [-0.05, 0) is 35.8 Å². The SMILES string of the molecule is [2H]C1=C([2H])C2C([2H])=C([2H])c3c(c4c([2H])c([2H])c([2H])c([2H])c4n3-c3c([2H])c([2H])c4c(oc5cccc(-c6nc(-c7ccccc7)nc(-c7ccccc7)n6)c54)c3[2H])C2C([2H])=C1[2H]. The maximum absolute atomic E-state index is 9.68. The maximum Gasteiger partial charge on any atom is 0.164 e. The van der Waals surface area contributed by atoms with E-state index in [0.717, 1.165) is 15.7 Å². The molecule has 0 bridgehead atoms. The van der Waals surface area contributed by atoms with Crippen LogP contribution in [0.4, 0.5) is 0 Å². The summed E-state index contributed by atoms with van der Waals surface area (Å²) in [5.74, 6) is -1.79. The molecule has 10 rings (SSSR count). The number of fused-ring (bicyclic) bond motifs is 8. The van der Waals surface area contributed by atoms with Crippen molar-refractivity contribution in [2.24, 2.45) is 5.92 Å². The van der Waals surface area contributed by atoms with Gasteiger partial charge in [0.15, 0.2) is 17.5 Å². The average Bonchev–Trinajstić information content (AvgIpc) is 3.85. The minimum Gasteiger partial charge on any atom is -0.456 e. The standard InChI is InChI=1S/C43H28N4O/c1-3-13-28(14-4-1)41-44-42(29-15-5-2-6-16-29)46-43(45-41)34-19-11-21-37-40(34)33-24-23-30(26-38(33)48-37)47-35-20-10-9-18-32(35)39-31-17-8-7-12-27(31)22-25-36(39)47/h1-27,31H/i7D,8D,9D,10D,12D,17D,18D,20D,22D,23D,24D,25D,26D. The molecule has 2 atom stereocenters. The van der Waals surface area contributed by atoms with Gasteiger partial charge in [-0.25, -0.2) is 15.0 Å². The van der Waals surface area contributed by atoms with Gasteiger partial charge in [0, 0.05) is 56.4 Å². The minimum absolute atomic E-state index is 0.0665. The molecule has 0 saturated heterocycles. The van der Waals surface area contributed by atoms with Crippen molar-refractivity contribution < 1.29 is 22.2 Å². The monoisotopic (exact) mass is 629 g/mol. The van der Waals surface area contributed by atoms with Gasteiger partial charge in [0.1, 0.15) is 11.2 Å². The van der Waals surface area contributed by atoms with E-state index in [9.17, 15) is 5.48 Å².